The van der Waals surface area contributed by atoms with E-state index in [2.05, 4.69) is 29.2 Å². The van der Waals surface area contributed by atoms with Gasteiger partial charge in [-0.3, -0.25) is 4.90 Å². The molecule has 0 atom stereocenters. The van der Waals surface area contributed by atoms with Gasteiger partial charge in [0.05, 0.1) is 0 Å². The molecule has 0 aliphatic carbocycles. The maximum Gasteiger partial charge on any atom is 0.0317 e. The van der Waals surface area contributed by atoms with Crippen molar-refractivity contribution in [1.29, 1.82) is 0 Å². The highest BCUT2D eigenvalue weighted by atomic mass is 15.1. The molecule has 98 valence electrons. The normalized spacial score (nSPS) is 15.2. The van der Waals surface area contributed by atoms with Crippen molar-refractivity contribution in [1.82, 2.24) is 4.90 Å². The first kappa shape index (κ1) is 12.1. The number of rotatable bonds is 2. The Morgan fingerprint density at radius 3 is 2.63 bits per heavy atom. The summed E-state index contributed by atoms with van der Waals surface area (Å²) in [6, 6.07) is 14.4. The zero-order chi connectivity index (χ0) is 13.2. The van der Waals surface area contributed by atoms with E-state index >= 15 is 0 Å². The van der Waals surface area contributed by atoms with Crippen molar-refractivity contribution in [2.24, 2.45) is 0 Å². The quantitative estimate of drug-likeness (QED) is 0.808. The van der Waals surface area contributed by atoms with Gasteiger partial charge in [-0.15, -0.1) is 0 Å². The van der Waals surface area contributed by atoms with Gasteiger partial charge in [-0.2, -0.15) is 0 Å². The summed E-state index contributed by atoms with van der Waals surface area (Å²) in [5.74, 6) is 0. The predicted octanol–water partition coefficient (Wildman–Crippen LogP) is 2.41. The summed E-state index contributed by atoms with van der Waals surface area (Å²) < 4.78 is 0. The van der Waals surface area contributed by atoms with Gasteiger partial charge in [0.2, 0.25) is 0 Å². The summed E-state index contributed by atoms with van der Waals surface area (Å²) in [7, 11) is 0. The fourth-order valence-electron chi connectivity index (χ4n) is 2.72. The molecule has 3 nitrogen and oxygen atoms in total. The Bertz CT molecular complexity index is 592. The van der Waals surface area contributed by atoms with Crippen LogP contribution in [0.4, 0.5) is 11.4 Å². The van der Waals surface area contributed by atoms with E-state index in [1.165, 1.54) is 16.7 Å². The second kappa shape index (κ2) is 4.94. The van der Waals surface area contributed by atoms with Crippen molar-refractivity contribution in [3.8, 4) is 0 Å². The average Bonchev–Trinajstić information content (AvgIpc) is 2.38. The van der Waals surface area contributed by atoms with Crippen LogP contribution in [-0.4, -0.2) is 11.4 Å². The van der Waals surface area contributed by atoms with Gasteiger partial charge < -0.3 is 11.5 Å². The van der Waals surface area contributed by atoms with Gasteiger partial charge in [-0.25, -0.2) is 0 Å². The van der Waals surface area contributed by atoms with Crippen molar-refractivity contribution in [2.75, 3.05) is 18.0 Å². The zero-order valence-corrected chi connectivity index (χ0v) is 11.0. The Hall–Kier alpha value is -2.00. The van der Waals surface area contributed by atoms with E-state index in [4.69, 9.17) is 11.5 Å². The fraction of sp³-hybridized carbons (Fsp3) is 0.250. The second-order valence-electron chi connectivity index (χ2n) is 5.23. The second-order valence-corrected chi connectivity index (χ2v) is 5.23. The molecule has 2 aromatic carbocycles. The van der Waals surface area contributed by atoms with Gasteiger partial charge in [0.15, 0.2) is 0 Å². The fourth-order valence-corrected chi connectivity index (χ4v) is 2.72. The van der Waals surface area contributed by atoms with E-state index in [9.17, 15) is 0 Å². The maximum absolute atomic E-state index is 5.86. The lowest BCUT2D eigenvalue weighted by Crippen LogP contribution is -2.30. The topological polar surface area (TPSA) is 55.3 Å². The number of hydrogen-bond donors (Lipinski definition) is 2. The molecule has 19 heavy (non-hydrogen) atoms. The molecule has 1 aliphatic heterocycles. The summed E-state index contributed by atoms with van der Waals surface area (Å²) in [6.07, 6.45) is 1.10. The molecule has 4 N–H and O–H groups in total. The monoisotopic (exact) mass is 253 g/mol. The van der Waals surface area contributed by atoms with Crippen LogP contribution in [0.2, 0.25) is 0 Å². The minimum absolute atomic E-state index is 0.833. The first-order chi connectivity index (χ1) is 9.20. The van der Waals surface area contributed by atoms with Crippen molar-refractivity contribution < 1.29 is 0 Å². The van der Waals surface area contributed by atoms with Crippen LogP contribution >= 0.6 is 0 Å². The highest BCUT2D eigenvalue weighted by Gasteiger charge is 2.16. The molecule has 0 amide bonds. The number of nitrogens with zero attached hydrogens (tertiary/aromatic N) is 1. The molecular formula is C16H19N3. The molecule has 0 spiro atoms. The summed E-state index contributed by atoms with van der Waals surface area (Å²) in [5, 5.41) is 0. The number of benzene rings is 2. The molecule has 3 rings (SSSR count). The third-order valence-electron chi connectivity index (χ3n) is 3.68. The van der Waals surface area contributed by atoms with Crippen molar-refractivity contribution in [3.63, 3.8) is 0 Å². The van der Waals surface area contributed by atoms with Gasteiger partial charge in [-0.05, 0) is 47.4 Å². The lowest BCUT2D eigenvalue weighted by molar-refractivity contribution is 0.245. The molecule has 2 aromatic rings. The van der Waals surface area contributed by atoms with Crippen LogP contribution in [-0.2, 0) is 19.5 Å². The summed E-state index contributed by atoms with van der Waals surface area (Å²) in [6.45, 7) is 3.00. The number of hydrogen-bond acceptors (Lipinski definition) is 3. The molecule has 0 unspecified atom stereocenters. The highest BCUT2D eigenvalue weighted by Crippen LogP contribution is 2.22. The van der Waals surface area contributed by atoms with E-state index in [1.54, 1.807) is 0 Å². The van der Waals surface area contributed by atoms with Crippen molar-refractivity contribution >= 4 is 11.4 Å². The SMILES string of the molecule is Nc1cccc(CN2CCc3ccc(N)cc3C2)c1. The van der Waals surface area contributed by atoms with Crippen molar-refractivity contribution in [3.05, 3.63) is 59.2 Å². The Morgan fingerprint density at radius 1 is 0.947 bits per heavy atom. The molecule has 0 fully saturated rings. The van der Waals surface area contributed by atoms with E-state index in [1.807, 2.05) is 18.2 Å². The van der Waals surface area contributed by atoms with E-state index in [0.29, 0.717) is 0 Å². The molecule has 1 aliphatic rings. The first-order valence-electron chi connectivity index (χ1n) is 6.65. The maximum atomic E-state index is 5.86. The summed E-state index contributed by atoms with van der Waals surface area (Å²) in [4.78, 5) is 2.44. The molecular weight excluding hydrogens is 234 g/mol. The van der Waals surface area contributed by atoms with Crippen LogP contribution in [0.25, 0.3) is 0 Å². The Balaban J connectivity index is 1.75. The average molecular weight is 253 g/mol. The van der Waals surface area contributed by atoms with Gasteiger partial charge in [0, 0.05) is 31.0 Å². The number of nitrogens with two attached hydrogens (primary N) is 2. The van der Waals surface area contributed by atoms with Gasteiger partial charge in [-0.1, -0.05) is 18.2 Å². The highest BCUT2D eigenvalue weighted by molar-refractivity contribution is 5.45. The molecule has 1 heterocycles. The largest absolute Gasteiger partial charge is 0.399 e. The molecule has 0 saturated heterocycles. The number of fused-ring (bicyclic) bond motifs is 1. The lowest BCUT2D eigenvalue weighted by atomic mass is 9.98. The Kier molecular flexibility index (Phi) is 3.13. The molecule has 0 radical (unpaired) electrons. The van der Waals surface area contributed by atoms with Gasteiger partial charge >= 0.3 is 0 Å². The van der Waals surface area contributed by atoms with Crippen LogP contribution in [0.15, 0.2) is 42.5 Å². The minimum Gasteiger partial charge on any atom is -0.399 e. The Morgan fingerprint density at radius 2 is 1.79 bits per heavy atom. The van der Waals surface area contributed by atoms with Crippen LogP contribution in [0, 0.1) is 0 Å². The van der Waals surface area contributed by atoms with E-state index < -0.39 is 0 Å². The van der Waals surface area contributed by atoms with Crippen LogP contribution in [0.1, 0.15) is 16.7 Å². The van der Waals surface area contributed by atoms with E-state index in [-0.39, 0.29) is 0 Å². The van der Waals surface area contributed by atoms with Gasteiger partial charge in [0.1, 0.15) is 0 Å². The molecule has 0 saturated carbocycles. The first-order valence-corrected chi connectivity index (χ1v) is 6.65. The van der Waals surface area contributed by atoms with E-state index in [0.717, 1.165) is 37.4 Å². The summed E-state index contributed by atoms with van der Waals surface area (Å²) >= 11 is 0. The molecule has 0 aromatic heterocycles. The molecule has 3 heteroatoms. The predicted molar refractivity (Wildman–Crippen MR) is 79.5 cm³/mol. The van der Waals surface area contributed by atoms with Gasteiger partial charge in [0.25, 0.3) is 0 Å². The number of nitrogen functional groups attached to an aromatic ring is 2. The standard InChI is InChI=1S/C16H19N3/c17-15-3-1-2-12(8-15)10-19-7-6-13-4-5-16(18)9-14(13)11-19/h1-5,8-9H,6-7,10-11,17-18H2. The van der Waals surface area contributed by atoms with Crippen LogP contribution in [0.3, 0.4) is 0 Å². The van der Waals surface area contributed by atoms with Crippen molar-refractivity contribution in [2.45, 2.75) is 19.5 Å². The third kappa shape index (κ3) is 2.71. The number of anilines is 2. The zero-order valence-electron chi connectivity index (χ0n) is 11.0. The van der Waals surface area contributed by atoms with Crippen LogP contribution < -0.4 is 11.5 Å². The lowest BCUT2D eigenvalue weighted by Gasteiger charge is -2.29. The summed E-state index contributed by atoms with van der Waals surface area (Å²) in [5.41, 5.74) is 17.4. The molecule has 0 bridgehead atoms. The van der Waals surface area contributed by atoms with Crippen LogP contribution in [0.5, 0.6) is 0 Å². The Labute approximate surface area is 113 Å². The smallest absolute Gasteiger partial charge is 0.0317 e. The minimum atomic E-state index is 0.833. The third-order valence-corrected chi connectivity index (χ3v) is 3.68.